The molecule has 1 aliphatic rings. The van der Waals surface area contributed by atoms with Gasteiger partial charge in [-0.3, -0.25) is 0 Å². The summed E-state index contributed by atoms with van der Waals surface area (Å²) in [6, 6.07) is 9.72. The van der Waals surface area contributed by atoms with Crippen molar-refractivity contribution in [2.24, 2.45) is 0 Å². The van der Waals surface area contributed by atoms with E-state index in [0.717, 1.165) is 41.7 Å². The molecule has 0 spiro atoms. The average molecular weight is 350 g/mol. The molecule has 3 nitrogen and oxygen atoms in total. The molecule has 1 aromatic carbocycles. The fourth-order valence-corrected chi connectivity index (χ4v) is 6.17. The Morgan fingerprint density at radius 1 is 1.13 bits per heavy atom. The van der Waals surface area contributed by atoms with Gasteiger partial charge in [0.25, 0.3) is 0 Å². The third-order valence-corrected chi connectivity index (χ3v) is 7.53. The van der Waals surface area contributed by atoms with E-state index < -0.39 is 10.0 Å². The first-order valence-electron chi connectivity index (χ1n) is 8.12. The summed E-state index contributed by atoms with van der Waals surface area (Å²) in [5.74, 6) is 0. The lowest BCUT2D eigenvalue weighted by atomic mass is 10.1. The van der Waals surface area contributed by atoms with Crippen molar-refractivity contribution >= 4 is 21.4 Å². The molecule has 1 aliphatic heterocycles. The maximum atomic E-state index is 13.3. The van der Waals surface area contributed by atoms with Gasteiger partial charge in [-0.1, -0.05) is 31.0 Å². The third-order valence-electron chi connectivity index (χ3n) is 4.51. The monoisotopic (exact) mass is 349 g/mol. The molecular formula is C18H23NO2S2. The smallest absolute Gasteiger partial charge is 0.207 e. The van der Waals surface area contributed by atoms with Gasteiger partial charge in [0, 0.05) is 11.4 Å². The molecule has 0 saturated carbocycles. The SMILES string of the molecule is Cc1ccc(C)c(S(=O)(=O)N2CCCCCC2c2cccs2)c1. The van der Waals surface area contributed by atoms with Crippen LogP contribution in [0.15, 0.2) is 40.6 Å². The van der Waals surface area contributed by atoms with E-state index in [1.807, 2.05) is 37.4 Å². The van der Waals surface area contributed by atoms with Crippen molar-refractivity contribution < 1.29 is 8.42 Å². The van der Waals surface area contributed by atoms with Gasteiger partial charge >= 0.3 is 0 Å². The Kier molecular flexibility index (Phi) is 4.90. The fourth-order valence-electron chi connectivity index (χ4n) is 3.25. The molecule has 0 aliphatic carbocycles. The number of hydrogen-bond acceptors (Lipinski definition) is 3. The number of thiophene rings is 1. The molecular weight excluding hydrogens is 326 g/mol. The summed E-state index contributed by atoms with van der Waals surface area (Å²) in [6.07, 6.45) is 4.03. The van der Waals surface area contributed by atoms with E-state index in [2.05, 4.69) is 6.07 Å². The predicted octanol–water partition coefficient (Wildman–Crippen LogP) is 4.67. The maximum Gasteiger partial charge on any atom is 0.243 e. The molecule has 0 N–H and O–H groups in total. The van der Waals surface area contributed by atoms with Crippen molar-refractivity contribution in [1.82, 2.24) is 4.31 Å². The van der Waals surface area contributed by atoms with Crippen LogP contribution in [0.3, 0.4) is 0 Å². The molecule has 1 atom stereocenters. The topological polar surface area (TPSA) is 37.4 Å². The van der Waals surface area contributed by atoms with E-state index in [1.165, 1.54) is 0 Å². The first kappa shape index (κ1) is 16.7. The summed E-state index contributed by atoms with van der Waals surface area (Å²) in [5.41, 5.74) is 1.81. The highest BCUT2D eigenvalue weighted by Gasteiger charge is 2.34. The quantitative estimate of drug-likeness (QED) is 0.807. The van der Waals surface area contributed by atoms with Crippen LogP contribution in [0.1, 0.15) is 47.7 Å². The molecule has 23 heavy (non-hydrogen) atoms. The minimum atomic E-state index is -3.47. The van der Waals surface area contributed by atoms with Crippen LogP contribution in [0.5, 0.6) is 0 Å². The van der Waals surface area contributed by atoms with E-state index >= 15 is 0 Å². The van der Waals surface area contributed by atoms with Crippen LogP contribution in [-0.4, -0.2) is 19.3 Å². The van der Waals surface area contributed by atoms with Crippen molar-refractivity contribution in [1.29, 1.82) is 0 Å². The van der Waals surface area contributed by atoms with Gasteiger partial charge in [-0.05, 0) is 55.3 Å². The highest BCUT2D eigenvalue weighted by atomic mass is 32.2. The second-order valence-corrected chi connectivity index (χ2v) is 9.10. The second kappa shape index (κ2) is 6.75. The Balaban J connectivity index is 2.06. The molecule has 1 saturated heterocycles. The van der Waals surface area contributed by atoms with E-state index in [9.17, 15) is 8.42 Å². The fraction of sp³-hybridized carbons (Fsp3) is 0.444. The van der Waals surface area contributed by atoms with Crippen LogP contribution < -0.4 is 0 Å². The number of nitrogens with zero attached hydrogens (tertiary/aromatic N) is 1. The number of rotatable bonds is 3. The maximum absolute atomic E-state index is 13.3. The zero-order valence-electron chi connectivity index (χ0n) is 13.7. The summed E-state index contributed by atoms with van der Waals surface area (Å²) in [5, 5.41) is 2.03. The molecule has 3 rings (SSSR count). The lowest BCUT2D eigenvalue weighted by Crippen LogP contribution is -2.35. The van der Waals surface area contributed by atoms with Crippen LogP contribution in [0, 0.1) is 13.8 Å². The Morgan fingerprint density at radius 2 is 1.96 bits per heavy atom. The minimum absolute atomic E-state index is 0.0255. The van der Waals surface area contributed by atoms with Gasteiger partial charge in [0.2, 0.25) is 10.0 Å². The lowest BCUT2D eigenvalue weighted by Gasteiger charge is -2.29. The standard InChI is InChI=1S/C18H23NO2S2/c1-14-9-10-15(2)18(13-14)23(20,21)19-11-5-3-4-7-16(19)17-8-6-12-22-17/h6,8-10,12-13,16H,3-5,7,11H2,1-2H3. The number of sulfonamides is 1. The van der Waals surface area contributed by atoms with Gasteiger partial charge in [-0.15, -0.1) is 11.3 Å². The number of aryl methyl sites for hydroxylation is 2. The van der Waals surface area contributed by atoms with Gasteiger partial charge in [-0.25, -0.2) is 8.42 Å². The zero-order valence-corrected chi connectivity index (χ0v) is 15.3. The minimum Gasteiger partial charge on any atom is -0.207 e. The van der Waals surface area contributed by atoms with Crippen LogP contribution in [0.2, 0.25) is 0 Å². The highest BCUT2D eigenvalue weighted by Crippen LogP contribution is 2.37. The average Bonchev–Trinajstić information content (AvgIpc) is 2.93. The van der Waals surface area contributed by atoms with Gasteiger partial charge in [-0.2, -0.15) is 4.31 Å². The summed E-state index contributed by atoms with van der Waals surface area (Å²) in [7, 11) is -3.47. The van der Waals surface area contributed by atoms with Crippen molar-refractivity contribution in [3.05, 3.63) is 51.7 Å². The Labute approximate surface area is 143 Å². The summed E-state index contributed by atoms with van der Waals surface area (Å²) < 4.78 is 28.4. The van der Waals surface area contributed by atoms with Gasteiger partial charge in [0.1, 0.15) is 0 Å². The van der Waals surface area contributed by atoms with Gasteiger partial charge in [0.15, 0.2) is 0 Å². The van der Waals surface area contributed by atoms with Crippen molar-refractivity contribution in [2.75, 3.05) is 6.54 Å². The molecule has 0 amide bonds. The number of benzene rings is 1. The molecule has 2 heterocycles. The third kappa shape index (κ3) is 3.37. The zero-order chi connectivity index (χ0) is 16.4. The normalized spacial score (nSPS) is 20.3. The molecule has 124 valence electrons. The van der Waals surface area contributed by atoms with Crippen LogP contribution in [0.25, 0.3) is 0 Å². The van der Waals surface area contributed by atoms with Crippen molar-refractivity contribution in [3.63, 3.8) is 0 Å². The molecule has 1 unspecified atom stereocenters. The first-order valence-corrected chi connectivity index (χ1v) is 10.4. The molecule has 2 aromatic rings. The summed E-state index contributed by atoms with van der Waals surface area (Å²) in [6.45, 7) is 4.43. The van der Waals surface area contributed by atoms with Gasteiger partial charge in [0.05, 0.1) is 10.9 Å². The summed E-state index contributed by atoms with van der Waals surface area (Å²) in [4.78, 5) is 1.61. The Hall–Kier alpha value is -1.17. The van der Waals surface area contributed by atoms with E-state index in [4.69, 9.17) is 0 Å². The largest absolute Gasteiger partial charge is 0.243 e. The Bertz CT molecular complexity index is 766. The highest BCUT2D eigenvalue weighted by molar-refractivity contribution is 7.89. The predicted molar refractivity (Wildman–Crippen MR) is 95.3 cm³/mol. The number of hydrogen-bond donors (Lipinski definition) is 0. The van der Waals surface area contributed by atoms with Crippen molar-refractivity contribution in [3.8, 4) is 0 Å². The van der Waals surface area contributed by atoms with Crippen LogP contribution in [0.4, 0.5) is 0 Å². The van der Waals surface area contributed by atoms with Crippen LogP contribution in [-0.2, 0) is 10.0 Å². The molecule has 0 radical (unpaired) electrons. The van der Waals surface area contributed by atoms with E-state index in [1.54, 1.807) is 21.7 Å². The van der Waals surface area contributed by atoms with Crippen molar-refractivity contribution in [2.45, 2.75) is 50.5 Å². The molecule has 0 bridgehead atoms. The first-order chi connectivity index (χ1) is 11.0. The van der Waals surface area contributed by atoms with Gasteiger partial charge < -0.3 is 0 Å². The Morgan fingerprint density at radius 3 is 2.70 bits per heavy atom. The molecule has 1 fully saturated rings. The van der Waals surface area contributed by atoms with Crippen LogP contribution >= 0.6 is 11.3 Å². The molecule has 5 heteroatoms. The van der Waals surface area contributed by atoms with E-state index in [0.29, 0.717) is 11.4 Å². The summed E-state index contributed by atoms with van der Waals surface area (Å²) >= 11 is 1.65. The van der Waals surface area contributed by atoms with E-state index in [-0.39, 0.29) is 6.04 Å². The lowest BCUT2D eigenvalue weighted by molar-refractivity contribution is 0.333. The second-order valence-electron chi connectivity index (χ2n) is 6.27. The molecule has 1 aromatic heterocycles.